The molecule has 0 spiro atoms. The number of ether oxygens (including phenoxy) is 1. The number of rotatable bonds is 11. The third-order valence-corrected chi connectivity index (χ3v) is 3.44. The minimum absolute atomic E-state index is 0.167. The number of hydrogen-bond acceptors (Lipinski definition) is 2. The molecule has 1 rings (SSSR count). The fourth-order valence-corrected chi connectivity index (χ4v) is 2.30. The van der Waals surface area contributed by atoms with Crippen LogP contribution in [-0.2, 0) is 11.2 Å². The van der Waals surface area contributed by atoms with E-state index in [1.54, 1.807) is 12.1 Å². The average molecular weight is 295 g/mol. The van der Waals surface area contributed by atoms with Crippen LogP contribution in [0.1, 0.15) is 39.2 Å². The monoisotopic (exact) mass is 295 g/mol. The first-order valence-corrected chi connectivity index (χ1v) is 8.14. The van der Waals surface area contributed by atoms with Crippen molar-refractivity contribution in [2.75, 3.05) is 26.3 Å². The summed E-state index contributed by atoms with van der Waals surface area (Å²) in [6.07, 6.45) is 3.08. The van der Waals surface area contributed by atoms with E-state index in [4.69, 9.17) is 4.74 Å². The van der Waals surface area contributed by atoms with Gasteiger partial charge < -0.3 is 10.1 Å². The second-order valence-corrected chi connectivity index (χ2v) is 6.15. The molecule has 0 fully saturated rings. The summed E-state index contributed by atoms with van der Waals surface area (Å²) < 4.78 is 18.6. The van der Waals surface area contributed by atoms with Gasteiger partial charge in [-0.05, 0) is 61.9 Å². The fourth-order valence-electron chi connectivity index (χ4n) is 2.30. The molecular weight excluding hydrogens is 265 g/mol. The predicted octanol–water partition coefficient (Wildman–Crippen LogP) is 4.05. The second kappa shape index (κ2) is 10.7. The van der Waals surface area contributed by atoms with Crippen LogP contribution in [0.25, 0.3) is 0 Å². The molecule has 0 aliphatic carbocycles. The van der Waals surface area contributed by atoms with Gasteiger partial charge in [0.05, 0.1) is 0 Å². The Hall–Kier alpha value is -0.930. The maximum atomic E-state index is 13.0. The van der Waals surface area contributed by atoms with E-state index in [0.29, 0.717) is 11.8 Å². The molecule has 0 saturated carbocycles. The molecule has 3 heteroatoms. The topological polar surface area (TPSA) is 21.3 Å². The van der Waals surface area contributed by atoms with Crippen LogP contribution in [-0.4, -0.2) is 26.3 Å². The molecule has 0 amide bonds. The SMILES string of the molecule is CCCOCCC(CNCC(C)C)Cc1ccc(F)cc1. The summed E-state index contributed by atoms with van der Waals surface area (Å²) in [6, 6.07) is 6.86. The molecular formula is C18H30FNO. The van der Waals surface area contributed by atoms with Crippen LogP contribution in [0.5, 0.6) is 0 Å². The Balaban J connectivity index is 2.43. The lowest BCUT2D eigenvalue weighted by molar-refractivity contribution is 0.120. The van der Waals surface area contributed by atoms with Crippen LogP contribution in [0, 0.1) is 17.7 Å². The van der Waals surface area contributed by atoms with Crippen molar-refractivity contribution in [3.8, 4) is 0 Å². The molecule has 0 aromatic heterocycles. The summed E-state index contributed by atoms with van der Waals surface area (Å²) in [5.41, 5.74) is 1.20. The second-order valence-electron chi connectivity index (χ2n) is 6.15. The van der Waals surface area contributed by atoms with E-state index in [2.05, 4.69) is 26.1 Å². The summed E-state index contributed by atoms with van der Waals surface area (Å²) in [4.78, 5) is 0. The minimum Gasteiger partial charge on any atom is -0.381 e. The Morgan fingerprint density at radius 2 is 1.81 bits per heavy atom. The molecule has 1 aromatic rings. The van der Waals surface area contributed by atoms with Crippen LogP contribution >= 0.6 is 0 Å². The van der Waals surface area contributed by atoms with Gasteiger partial charge in [0, 0.05) is 13.2 Å². The zero-order valence-corrected chi connectivity index (χ0v) is 13.7. The molecule has 1 N–H and O–H groups in total. The van der Waals surface area contributed by atoms with E-state index < -0.39 is 0 Å². The smallest absolute Gasteiger partial charge is 0.123 e. The standard InChI is InChI=1S/C18H30FNO/c1-4-10-21-11-9-17(14-20-13-15(2)3)12-16-5-7-18(19)8-6-16/h5-8,15,17,20H,4,9-14H2,1-3H3. The van der Waals surface area contributed by atoms with Crippen LogP contribution < -0.4 is 5.32 Å². The summed E-state index contributed by atoms with van der Waals surface area (Å²) in [5, 5.41) is 3.53. The van der Waals surface area contributed by atoms with Gasteiger partial charge >= 0.3 is 0 Å². The zero-order chi connectivity index (χ0) is 15.5. The van der Waals surface area contributed by atoms with Crippen molar-refractivity contribution >= 4 is 0 Å². The molecule has 0 heterocycles. The Morgan fingerprint density at radius 3 is 2.43 bits per heavy atom. The summed E-state index contributed by atoms with van der Waals surface area (Å²) >= 11 is 0. The van der Waals surface area contributed by atoms with Gasteiger partial charge in [-0.3, -0.25) is 0 Å². The molecule has 120 valence electrons. The van der Waals surface area contributed by atoms with E-state index in [1.165, 1.54) is 5.56 Å². The average Bonchev–Trinajstić information content (AvgIpc) is 2.45. The zero-order valence-electron chi connectivity index (χ0n) is 13.7. The highest BCUT2D eigenvalue weighted by Gasteiger charge is 2.10. The largest absolute Gasteiger partial charge is 0.381 e. The Bertz CT molecular complexity index is 364. The van der Waals surface area contributed by atoms with Gasteiger partial charge in [0.15, 0.2) is 0 Å². The van der Waals surface area contributed by atoms with E-state index >= 15 is 0 Å². The van der Waals surface area contributed by atoms with Crippen molar-refractivity contribution in [2.45, 2.75) is 40.0 Å². The predicted molar refractivity (Wildman–Crippen MR) is 87.0 cm³/mol. The maximum absolute atomic E-state index is 13.0. The van der Waals surface area contributed by atoms with E-state index in [1.807, 2.05) is 12.1 Å². The molecule has 0 radical (unpaired) electrons. The normalized spacial score (nSPS) is 12.8. The van der Waals surface area contributed by atoms with E-state index in [9.17, 15) is 4.39 Å². The molecule has 0 aliphatic heterocycles. The van der Waals surface area contributed by atoms with E-state index in [-0.39, 0.29) is 5.82 Å². The van der Waals surface area contributed by atoms with Crippen molar-refractivity contribution in [3.05, 3.63) is 35.6 Å². The molecule has 0 aliphatic rings. The van der Waals surface area contributed by atoms with Gasteiger partial charge in [0.2, 0.25) is 0 Å². The van der Waals surface area contributed by atoms with Crippen molar-refractivity contribution in [2.24, 2.45) is 11.8 Å². The summed E-state index contributed by atoms with van der Waals surface area (Å²) in [5.74, 6) is 1.03. The van der Waals surface area contributed by atoms with Gasteiger partial charge in [-0.25, -0.2) is 4.39 Å². The van der Waals surface area contributed by atoms with Crippen molar-refractivity contribution in [1.82, 2.24) is 5.32 Å². The molecule has 0 bridgehead atoms. The van der Waals surface area contributed by atoms with Crippen LogP contribution in [0.4, 0.5) is 4.39 Å². The van der Waals surface area contributed by atoms with Gasteiger partial charge in [-0.2, -0.15) is 0 Å². The number of halogens is 1. The molecule has 1 atom stereocenters. The Labute approximate surface area is 129 Å². The van der Waals surface area contributed by atoms with Crippen LogP contribution in [0.15, 0.2) is 24.3 Å². The summed E-state index contributed by atoms with van der Waals surface area (Å²) in [6.45, 7) is 10.2. The third-order valence-electron chi connectivity index (χ3n) is 3.44. The molecule has 0 saturated heterocycles. The van der Waals surface area contributed by atoms with Gasteiger partial charge in [0.1, 0.15) is 5.82 Å². The first-order chi connectivity index (χ1) is 10.1. The molecule has 1 aromatic carbocycles. The van der Waals surface area contributed by atoms with Crippen LogP contribution in [0.3, 0.4) is 0 Å². The maximum Gasteiger partial charge on any atom is 0.123 e. The number of benzene rings is 1. The molecule has 2 nitrogen and oxygen atoms in total. The lowest BCUT2D eigenvalue weighted by Gasteiger charge is -2.19. The number of nitrogens with one attached hydrogen (secondary N) is 1. The van der Waals surface area contributed by atoms with Crippen LogP contribution in [0.2, 0.25) is 0 Å². The first-order valence-electron chi connectivity index (χ1n) is 8.14. The van der Waals surface area contributed by atoms with Crippen molar-refractivity contribution < 1.29 is 9.13 Å². The van der Waals surface area contributed by atoms with Crippen molar-refractivity contribution in [1.29, 1.82) is 0 Å². The highest BCUT2D eigenvalue weighted by atomic mass is 19.1. The first kappa shape index (κ1) is 18.1. The molecule has 1 unspecified atom stereocenters. The van der Waals surface area contributed by atoms with Crippen molar-refractivity contribution in [3.63, 3.8) is 0 Å². The van der Waals surface area contributed by atoms with Gasteiger partial charge in [-0.1, -0.05) is 32.9 Å². The highest BCUT2D eigenvalue weighted by molar-refractivity contribution is 5.16. The summed E-state index contributed by atoms with van der Waals surface area (Å²) in [7, 11) is 0. The lowest BCUT2D eigenvalue weighted by Crippen LogP contribution is -2.28. The van der Waals surface area contributed by atoms with Gasteiger partial charge in [0.25, 0.3) is 0 Å². The quantitative estimate of drug-likeness (QED) is 0.622. The number of hydrogen-bond donors (Lipinski definition) is 1. The third kappa shape index (κ3) is 8.84. The lowest BCUT2D eigenvalue weighted by atomic mass is 9.96. The Kier molecular flexibility index (Phi) is 9.27. The highest BCUT2D eigenvalue weighted by Crippen LogP contribution is 2.13. The molecule has 21 heavy (non-hydrogen) atoms. The minimum atomic E-state index is -0.167. The fraction of sp³-hybridized carbons (Fsp3) is 0.667. The van der Waals surface area contributed by atoms with E-state index in [0.717, 1.165) is 45.6 Å². The Morgan fingerprint density at radius 1 is 1.10 bits per heavy atom. The van der Waals surface area contributed by atoms with Gasteiger partial charge in [-0.15, -0.1) is 0 Å².